The molecule has 70 valence electrons. The smallest absolute Gasteiger partial charge is 0.0792 e. The zero-order valence-corrected chi connectivity index (χ0v) is 8.30. The molecule has 0 heterocycles. The molecule has 0 aromatic carbocycles. The molecule has 0 aromatic rings. The Morgan fingerprint density at radius 2 is 1.64 bits per heavy atom. The predicted octanol–water partition coefficient (Wildman–Crippen LogP) is -0.466. The van der Waals surface area contributed by atoms with Crippen LogP contribution in [0.15, 0.2) is 0 Å². The van der Waals surface area contributed by atoms with Crippen molar-refractivity contribution in [1.29, 1.82) is 0 Å². The maximum absolute atomic E-state index is 8.35. The SMILES string of the molecule is C[N+](C)(C)CCCN.O=[SH-]=O. The summed E-state index contributed by atoms with van der Waals surface area (Å²) in [7, 11) is 6.53. The maximum atomic E-state index is 8.35. The molecule has 0 spiro atoms. The Morgan fingerprint density at radius 1 is 1.27 bits per heavy atom. The number of nitrogens with two attached hydrogens (primary N) is 1. The standard InChI is InChI=1S/C6H17N2.HO2S/c1-8(2,3)6-4-5-7;1-3-2/h4-7H2,1-3H3;3H/q+1;-1. The Kier molecular flexibility index (Phi) is 9.75. The van der Waals surface area contributed by atoms with Gasteiger partial charge in [0.05, 0.1) is 27.7 Å². The maximum Gasteiger partial charge on any atom is 0.0792 e. The van der Waals surface area contributed by atoms with Gasteiger partial charge in [0.2, 0.25) is 0 Å². The fraction of sp³-hybridized carbons (Fsp3) is 1.00. The lowest BCUT2D eigenvalue weighted by Crippen LogP contribution is -2.36. The second kappa shape index (κ2) is 7.97. The summed E-state index contributed by atoms with van der Waals surface area (Å²) in [6.45, 7) is 1.99. The first-order chi connectivity index (χ1) is 4.97. The first-order valence-electron chi connectivity index (χ1n) is 3.43. The van der Waals surface area contributed by atoms with Crippen molar-refractivity contribution in [2.45, 2.75) is 6.42 Å². The summed E-state index contributed by atoms with van der Waals surface area (Å²) in [5.74, 6) is 0. The van der Waals surface area contributed by atoms with Crippen molar-refractivity contribution in [3.8, 4) is 0 Å². The molecule has 0 rings (SSSR count). The molecule has 0 aromatic heterocycles. The quantitative estimate of drug-likeness (QED) is 0.365. The molecule has 0 radical (unpaired) electrons. The molecular formula is C6H18N2O2S. The number of quaternary nitrogens is 1. The normalized spacial score (nSPS) is 10.2. The first kappa shape index (κ1) is 13.5. The van der Waals surface area contributed by atoms with Crippen LogP contribution in [0.1, 0.15) is 6.42 Å². The molecule has 0 atom stereocenters. The van der Waals surface area contributed by atoms with Gasteiger partial charge >= 0.3 is 0 Å². The third kappa shape index (κ3) is 25.8. The van der Waals surface area contributed by atoms with Gasteiger partial charge in [-0.15, -0.1) is 0 Å². The van der Waals surface area contributed by atoms with Crippen molar-refractivity contribution in [2.24, 2.45) is 5.73 Å². The second-order valence-electron chi connectivity index (χ2n) is 3.23. The van der Waals surface area contributed by atoms with E-state index in [1.165, 1.54) is 6.54 Å². The lowest BCUT2D eigenvalue weighted by atomic mass is 10.4. The average molecular weight is 182 g/mol. The Morgan fingerprint density at radius 3 is 1.73 bits per heavy atom. The highest BCUT2D eigenvalue weighted by Crippen LogP contribution is 1.90. The van der Waals surface area contributed by atoms with E-state index < -0.39 is 11.6 Å². The Hall–Kier alpha value is -0.130. The first-order valence-corrected chi connectivity index (χ1v) is 4.16. The summed E-state index contributed by atoms with van der Waals surface area (Å²) in [5.41, 5.74) is 5.33. The fourth-order valence-electron chi connectivity index (χ4n) is 0.566. The summed E-state index contributed by atoms with van der Waals surface area (Å²) in [6, 6.07) is 0. The number of hydrogen-bond acceptors (Lipinski definition) is 4. The number of rotatable bonds is 3. The van der Waals surface area contributed by atoms with E-state index >= 15 is 0 Å². The van der Waals surface area contributed by atoms with Crippen LogP contribution in [-0.4, -0.2) is 38.7 Å². The molecule has 0 aliphatic rings. The van der Waals surface area contributed by atoms with Crippen molar-refractivity contribution in [3.05, 3.63) is 0 Å². The summed E-state index contributed by atoms with van der Waals surface area (Å²) >= 11 is -1.08. The van der Waals surface area contributed by atoms with E-state index in [9.17, 15) is 0 Å². The van der Waals surface area contributed by atoms with Gasteiger partial charge < -0.3 is 18.6 Å². The molecule has 0 saturated carbocycles. The number of nitrogens with zero attached hydrogens (tertiary/aromatic N) is 1. The van der Waals surface area contributed by atoms with Gasteiger partial charge in [0.15, 0.2) is 0 Å². The number of thiol groups is 1. The van der Waals surface area contributed by atoms with Gasteiger partial charge in [-0.3, -0.25) is 0 Å². The van der Waals surface area contributed by atoms with E-state index in [2.05, 4.69) is 21.1 Å². The molecular weight excluding hydrogens is 164 g/mol. The van der Waals surface area contributed by atoms with Crippen LogP contribution in [0.25, 0.3) is 0 Å². The Balaban J connectivity index is 0. The second-order valence-corrected chi connectivity index (χ2v) is 3.38. The van der Waals surface area contributed by atoms with Gasteiger partial charge in [0.1, 0.15) is 0 Å². The minimum absolute atomic E-state index is 0.815. The topological polar surface area (TPSA) is 60.2 Å². The monoisotopic (exact) mass is 182 g/mol. The predicted molar refractivity (Wildman–Crippen MR) is 46.7 cm³/mol. The van der Waals surface area contributed by atoms with Gasteiger partial charge in [0.25, 0.3) is 0 Å². The van der Waals surface area contributed by atoms with Crippen molar-refractivity contribution in [1.82, 2.24) is 0 Å². The molecule has 2 N–H and O–H groups in total. The average Bonchev–Trinajstić information content (AvgIpc) is 1.84. The zero-order valence-electron chi connectivity index (χ0n) is 7.41. The lowest BCUT2D eigenvalue weighted by molar-refractivity contribution is -0.870. The minimum atomic E-state index is -1.08. The number of hydrogen-bond donors (Lipinski definition) is 1. The van der Waals surface area contributed by atoms with Crippen LogP contribution in [0.2, 0.25) is 0 Å². The Labute approximate surface area is 71.6 Å². The molecule has 0 aliphatic heterocycles. The summed E-state index contributed by atoms with van der Waals surface area (Å²) in [6.07, 6.45) is 1.13. The van der Waals surface area contributed by atoms with Crippen LogP contribution < -0.4 is 5.73 Å². The third-order valence-corrected chi connectivity index (χ3v) is 1.03. The van der Waals surface area contributed by atoms with E-state index in [1.54, 1.807) is 0 Å². The summed E-state index contributed by atoms with van der Waals surface area (Å²) < 4.78 is 17.7. The molecule has 0 saturated heterocycles. The van der Waals surface area contributed by atoms with Crippen LogP contribution in [0.3, 0.4) is 0 Å². The van der Waals surface area contributed by atoms with Gasteiger partial charge in [-0.25, -0.2) is 0 Å². The van der Waals surface area contributed by atoms with E-state index in [1.807, 2.05) is 0 Å². The molecule has 0 bridgehead atoms. The molecule has 0 amide bonds. The Bertz CT molecular complexity index is 116. The van der Waals surface area contributed by atoms with Gasteiger partial charge in [-0.05, 0) is 6.54 Å². The van der Waals surface area contributed by atoms with Gasteiger partial charge in [-0.2, -0.15) is 0 Å². The molecule has 0 fully saturated rings. The highest BCUT2D eigenvalue weighted by Gasteiger charge is 2.03. The lowest BCUT2D eigenvalue weighted by Gasteiger charge is -2.23. The molecule has 0 aliphatic carbocycles. The van der Waals surface area contributed by atoms with Crippen molar-refractivity contribution >= 4 is 11.6 Å². The minimum Gasteiger partial charge on any atom is -0.427 e. The molecule has 5 heteroatoms. The van der Waals surface area contributed by atoms with E-state index in [4.69, 9.17) is 14.2 Å². The van der Waals surface area contributed by atoms with Crippen molar-refractivity contribution in [3.63, 3.8) is 0 Å². The molecule has 4 nitrogen and oxygen atoms in total. The van der Waals surface area contributed by atoms with Crippen LogP contribution in [0.4, 0.5) is 0 Å². The van der Waals surface area contributed by atoms with E-state index in [0.717, 1.165) is 17.4 Å². The van der Waals surface area contributed by atoms with E-state index in [-0.39, 0.29) is 0 Å². The highest BCUT2D eigenvalue weighted by atomic mass is 32.1. The van der Waals surface area contributed by atoms with Crippen LogP contribution in [-0.2, 0) is 20.0 Å². The van der Waals surface area contributed by atoms with Crippen molar-refractivity contribution < 1.29 is 12.9 Å². The molecule has 11 heavy (non-hydrogen) atoms. The van der Waals surface area contributed by atoms with Crippen molar-refractivity contribution in [2.75, 3.05) is 34.2 Å². The molecule has 0 unspecified atom stereocenters. The van der Waals surface area contributed by atoms with Crippen LogP contribution in [0, 0.1) is 0 Å². The van der Waals surface area contributed by atoms with Crippen LogP contribution >= 0.6 is 0 Å². The van der Waals surface area contributed by atoms with E-state index in [0.29, 0.717) is 0 Å². The summed E-state index contributed by atoms with van der Waals surface area (Å²) in [5, 5.41) is 0. The largest absolute Gasteiger partial charge is 0.427 e. The summed E-state index contributed by atoms with van der Waals surface area (Å²) in [4.78, 5) is 0. The highest BCUT2D eigenvalue weighted by molar-refractivity contribution is 7.51. The van der Waals surface area contributed by atoms with Gasteiger partial charge in [-0.1, -0.05) is 11.6 Å². The zero-order chi connectivity index (χ0) is 9.33. The van der Waals surface area contributed by atoms with Crippen LogP contribution in [0.5, 0.6) is 0 Å². The fourth-order valence-corrected chi connectivity index (χ4v) is 0.566. The van der Waals surface area contributed by atoms with Gasteiger partial charge in [0, 0.05) is 6.42 Å². The third-order valence-electron chi connectivity index (χ3n) is 1.03.